The molecule has 2 N–H and O–H groups in total. The third-order valence-electron chi connectivity index (χ3n) is 4.76. The molecule has 172 valence electrons. The average molecular weight is 543 g/mol. The third-order valence-corrected chi connectivity index (χ3v) is 4.76. The first-order chi connectivity index (χ1) is 14.0. The molecule has 0 amide bonds. The van der Waals surface area contributed by atoms with Crippen molar-refractivity contribution < 1.29 is 22.6 Å². The molecule has 1 aromatic rings. The maximum Gasteiger partial charge on any atom is 0.411 e. The number of guanidine groups is 1. The number of ether oxygens (including phenoxy) is 2. The number of benzene rings is 1. The van der Waals surface area contributed by atoms with E-state index in [0.717, 1.165) is 25.1 Å². The highest BCUT2D eigenvalue weighted by molar-refractivity contribution is 14.0. The normalized spacial score (nSPS) is 15.5. The second-order valence-electron chi connectivity index (χ2n) is 7.26. The number of hydrogen-bond donors (Lipinski definition) is 2. The minimum absolute atomic E-state index is 0. The average Bonchev–Trinajstić information content (AvgIpc) is 2.71. The highest BCUT2D eigenvalue weighted by Crippen LogP contribution is 2.20. The van der Waals surface area contributed by atoms with E-state index in [1.165, 1.54) is 32.1 Å². The number of nitrogens with zero attached hydrogens (tertiary/aromatic N) is 1. The molecule has 0 heterocycles. The van der Waals surface area contributed by atoms with E-state index in [4.69, 9.17) is 4.74 Å². The molecule has 0 spiro atoms. The monoisotopic (exact) mass is 543 g/mol. The molecule has 0 unspecified atom stereocenters. The van der Waals surface area contributed by atoms with Gasteiger partial charge in [-0.05, 0) is 30.4 Å². The number of nitrogens with one attached hydrogen (secondary N) is 2. The number of rotatable bonds is 10. The van der Waals surface area contributed by atoms with E-state index in [9.17, 15) is 13.2 Å². The Labute approximate surface area is 194 Å². The van der Waals surface area contributed by atoms with Gasteiger partial charge in [0.05, 0.1) is 12.7 Å². The molecule has 30 heavy (non-hydrogen) atoms. The van der Waals surface area contributed by atoms with Crippen molar-refractivity contribution in [2.45, 2.75) is 64.0 Å². The molecule has 1 aromatic carbocycles. The number of alkyl halides is 3. The SMILES string of the molecule is CN=C(NCCCOC1CCCCC1)NCc1ccc(COCC(F)(F)F)cc1.I. The summed E-state index contributed by atoms with van der Waals surface area (Å²) >= 11 is 0. The van der Waals surface area contributed by atoms with Crippen LogP contribution >= 0.6 is 24.0 Å². The summed E-state index contributed by atoms with van der Waals surface area (Å²) in [5.41, 5.74) is 1.71. The zero-order chi connectivity index (χ0) is 21.0. The van der Waals surface area contributed by atoms with Crippen molar-refractivity contribution in [2.24, 2.45) is 4.99 Å². The largest absolute Gasteiger partial charge is 0.411 e. The number of hydrogen-bond acceptors (Lipinski definition) is 3. The molecule has 1 aliphatic carbocycles. The molecule has 1 aliphatic rings. The van der Waals surface area contributed by atoms with Gasteiger partial charge in [0.25, 0.3) is 0 Å². The van der Waals surface area contributed by atoms with Crippen molar-refractivity contribution >= 4 is 29.9 Å². The second kappa shape index (κ2) is 14.9. The van der Waals surface area contributed by atoms with Crippen LogP contribution in [0.3, 0.4) is 0 Å². The first kappa shape index (κ1) is 27.0. The second-order valence-corrected chi connectivity index (χ2v) is 7.26. The molecule has 0 radical (unpaired) electrons. The Balaban J connectivity index is 0.00000450. The van der Waals surface area contributed by atoms with Crippen LogP contribution in [0.1, 0.15) is 49.7 Å². The van der Waals surface area contributed by atoms with E-state index < -0.39 is 12.8 Å². The minimum Gasteiger partial charge on any atom is -0.378 e. The molecule has 0 atom stereocenters. The standard InChI is InChI=1S/C21H32F3N3O2.HI/c1-25-20(26-12-5-13-29-19-6-3-2-4-7-19)27-14-17-8-10-18(11-9-17)15-28-16-21(22,23)24;/h8-11,19H,2-7,12-16H2,1H3,(H2,25,26,27);1H. The first-order valence-electron chi connectivity index (χ1n) is 10.2. The lowest BCUT2D eigenvalue weighted by Crippen LogP contribution is -2.37. The Bertz CT molecular complexity index is 607. The van der Waals surface area contributed by atoms with Gasteiger partial charge in [-0.2, -0.15) is 13.2 Å². The third kappa shape index (κ3) is 11.9. The number of halogens is 4. The fourth-order valence-corrected chi connectivity index (χ4v) is 3.21. The summed E-state index contributed by atoms with van der Waals surface area (Å²) in [6.45, 7) is 0.819. The van der Waals surface area contributed by atoms with Crippen molar-refractivity contribution in [1.29, 1.82) is 0 Å². The van der Waals surface area contributed by atoms with Gasteiger partial charge in [-0.15, -0.1) is 24.0 Å². The molecule has 5 nitrogen and oxygen atoms in total. The van der Waals surface area contributed by atoms with Gasteiger partial charge in [-0.25, -0.2) is 0 Å². The fourth-order valence-electron chi connectivity index (χ4n) is 3.21. The highest BCUT2D eigenvalue weighted by atomic mass is 127. The van der Waals surface area contributed by atoms with E-state index >= 15 is 0 Å². The Morgan fingerprint density at radius 3 is 2.37 bits per heavy atom. The summed E-state index contributed by atoms with van der Waals surface area (Å²) in [4.78, 5) is 4.20. The molecule has 2 rings (SSSR count). The zero-order valence-corrected chi connectivity index (χ0v) is 19.8. The van der Waals surface area contributed by atoms with E-state index in [-0.39, 0.29) is 30.6 Å². The smallest absolute Gasteiger partial charge is 0.378 e. The van der Waals surface area contributed by atoms with E-state index in [1.807, 2.05) is 12.1 Å². The van der Waals surface area contributed by atoms with Crippen LogP contribution in [0.2, 0.25) is 0 Å². The minimum atomic E-state index is -4.30. The molecule has 0 aromatic heterocycles. The van der Waals surface area contributed by atoms with Gasteiger partial charge >= 0.3 is 6.18 Å². The van der Waals surface area contributed by atoms with Gasteiger partial charge in [0, 0.05) is 26.7 Å². The maximum atomic E-state index is 12.1. The van der Waals surface area contributed by atoms with Crippen LogP contribution in [0.4, 0.5) is 13.2 Å². The van der Waals surface area contributed by atoms with Gasteiger partial charge < -0.3 is 20.1 Å². The van der Waals surface area contributed by atoms with E-state index in [0.29, 0.717) is 24.2 Å². The molecule has 0 aliphatic heterocycles. The van der Waals surface area contributed by atoms with Crippen LogP contribution in [-0.4, -0.2) is 45.0 Å². The maximum absolute atomic E-state index is 12.1. The Morgan fingerprint density at radius 2 is 1.73 bits per heavy atom. The van der Waals surface area contributed by atoms with Crippen LogP contribution in [0.5, 0.6) is 0 Å². The van der Waals surface area contributed by atoms with Crippen molar-refractivity contribution in [3.05, 3.63) is 35.4 Å². The van der Waals surface area contributed by atoms with Crippen molar-refractivity contribution in [3.63, 3.8) is 0 Å². The van der Waals surface area contributed by atoms with Crippen molar-refractivity contribution in [2.75, 3.05) is 26.8 Å². The molecule has 1 fully saturated rings. The van der Waals surface area contributed by atoms with Crippen LogP contribution in [0.25, 0.3) is 0 Å². The van der Waals surface area contributed by atoms with Crippen molar-refractivity contribution in [3.8, 4) is 0 Å². The highest BCUT2D eigenvalue weighted by Gasteiger charge is 2.27. The summed E-state index contributed by atoms with van der Waals surface area (Å²) in [7, 11) is 1.72. The summed E-state index contributed by atoms with van der Waals surface area (Å²) in [5.74, 6) is 0.709. The van der Waals surface area contributed by atoms with Crippen LogP contribution in [0.15, 0.2) is 29.3 Å². The molecule has 0 saturated heterocycles. The van der Waals surface area contributed by atoms with Gasteiger partial charge in [0.1, 0.15) is 6.61 Å². The lowest BCUT2D eigenvalue weighted by Gasteiger charge is -2.22. The van der Waals surface area contributed by atoms with Crippen LogP contribution < -0.4 is 10.6 Å². The zero-order valence-electron chi connectivity index (χ0n) is 17.5. The Morgan fingerprint density at radius 1 is 1.07 bits per heavy atom. The van der Waals surface area contributed by atoms with Gasteiger partial charge in [-0.1, -0.05) is 43.5 Å². The summed E-state index contributed by atoms with van der Waals surface area (Å²) < 4.78 is 46.8. The molecular weight excluding hydrogens is 510 g/mol. The van der Waals surface area contributed by atoms with Crippen LogP contribution in [0, 0.1) is 0 Å². The van der Waals surface area contributed by atoms with Crippen LogP contribution in [-0.2, 0) is 22.6 Å². The summed E-state index contributed by atoms with van der Waals surface area (Å²) in [6, 6.07) is 7.27. The summed E-state index contributed by atoms with van der Waals surface area (Å²) in [5, 5.41) is 6.49. The molecule has 0 bridgehead atoms. The fraction of sp³-hybridized carbons (Fsp3) is 0.667. The molecule has 1 saturated carbocycles. The number of aliphatic imine (C=N–C) groups is 1. The molecule has 9 heteroatoms. The van der Waals surface area contributed by atoms with Crippen molar-refractivity contribution in [1.82, 2.24) is 10.6 Å². The Kier molecular flexibility index (Phi) is 13.3. The molecular formula is C21H33F3IN3O2. The summed E-state index contributed by atoms with van der Waals surface area (Å²) in [6.07, 6.45) is 3.31. The van der Waals surface area contributed by atoms with E-state index in [1.54, 1.807) is 19.2 Å². The quantitative estimate of drug-likeness (QED) is 0.193. The predicted molar refractivity (Wildman–Crippen MR) is 123 cm³/mol. The van der Waals surface area contributed by atoms with Gasteiger partial charge in [0.2, 0.25) is 0 Å². The predicted octanol–water partition coefficient (Wildman–Crippen LogP) is 4.79. The van der Waals surface area contributed by atoms with Gasteiger partial charge in [0.15, 0.2) is 5.96 Å². The van der Waals surface area contributed by atoms with Gasteiger partial charge in [-0.3, -0.25) is 4.99 Å². The van der Waals surface area contributed by atoms with E-state index in [2.05, 4.69) is 20.4 Å². The topological polar surface area (TPSA) is 54.9 Å². The lowest BCUT2D eigenvalue weighted by molar-refractivity contribution is -0.176. The Hall–Kier alpha value is -1.07. The lowest BCUT2D eigenvalue weighted by atomic mass is 9.98. The first-order valence-corrected chi connectivity index (χ1v) is 10.2.